The molecule has 1 atom stereocenters. The zero-order valence-electron chi connectivity index (χ0n) is 10.6. The van der Waals surface area contributed by atoms with Crippen LogP contribution in [0.2, 0.25) is 0 Å². The Morgan fingerprint density at radius 1 is 1.39 bits per heavy atom. The van der Waals surface area contributed by atoms with Gasteiger partial charge in [-0.3, -0.25) is 4.57 Å². The Kier molecular flexibility index (Phi) is 3.39. The number of benzene rings is 1. The van der Waals surface area contributed by atoms with Crippen LogP contribution in [0, 0.1) is 0 Å². The molecule has 6 heteroatoms. The smallest absolute Gasteiger partial charge is 0.344 e. The number of ether oxygens (including phenoxy) is 1. The summed E-state index contributed by atoms with van der Waals surface area (Å²) in [4.78, 5) is 0. The van der Waals surface area contributed by atoms with Crippen molar-refractivity contribution in [2.24, 2.45) is 0 Å². The molecule has 1 aliphatic rings. The topological polar surface area (TPSA) is 38.8 Å². The predicted octanol–water partition coefficient (Wildman–Crippen LogP) is 3.28. The van der Waals surface area contributed by atoms with Gasteiger partial charge in [0.25, 0.3) is 5.17 Å². The van der Waals surface area contributed by atoms with Crippen LogP contribution in [-0.4, -0.2) is 28.7 Å². The molecule has 98 valence electrons. The van der Waals surface area contributed by atoms with Crippen LogP contribution in [0.5, 0.6) is 5.75 Å². The Balaban J connectivity index is 2.26. The molecule has 1 heterocycles. The van der Waals surface area contributed by atoms with Crippen molar-refractivity contribution >= 4 is 24.9 Å². The van der Waals surface area contributed by atoms with E-state index in [9.17, 15) is 4.57 Å². The van der Waals surface area contributed by atoms with Gasteiger partial charge in [-0.2, -0.15) is 0 Å². The first-order valence-electron chi connectivity index (χ1n) is 5.62. The van der Waals surface area contributed by atoms with Crippen molar-refractivity contribution in [3.8, 4) is 5.75 Å². The van der Waals surface area contributed by atoms with Gasteiger partial charge in [0.1, 0.15) is 12.4 Å². The van der Waals surface area contributed by atoms with Gasteiger partial charge in [0.2, 0.25) is 0 Å². The van der Waals surface area contributed by atoms with Gasteiger partial charge >= 0.3 is 7.52 Å². The highest BCUT2D eigenvalue weighted by atomic mass is 32.1. The monoisotopic (exact) mass is 285 g/mol. The summed E-state index contributed by atoms with van der Waals surface area (Å²) in [6.45, 7) is 5.83. The van der Waals surface area contributed by atoms with Gasteiger partial charge in [-0.1, -0.05) is 18.2 Å². The van der Waals surface area contributed by atoms with Gasteiger partial charge in [-0.15, -0.1) is 0 Å². The molecule has 0 aromatic heterocycles. The van der Waals surface area contributed by atoms with Gasteiger partial charge in [0.05, 0.1) is 5.54 Å². The fraction of sp³-hybridized carbons (Fsp3) is 0.417. The number of hydrogen-bond acceptors (Lipinski definition) is 4. The lowest BCUT2D eigenvalue weighted by molar-refractivity contribution is 0.262. The van der Waals surface area contributed by atoms with Gasteiger partial charge in [0, 0.05) is 6.66 Å². The lowest BCUT2D eigenvalue weighted by Crippen LogP contribution is -2.40. The van der Waals surface area contributed by atoms with E-state index in [2.05, 4.69) is 0 Å². The molecule has 0 amide bonds. The fourth-order valence-corrected chi connectivity index (χ4v) is 4.71. The molecular weight excluding hydrogens is 269 g/mol. The number of para-hydroxylation sites is 1. The van der Waals surface area contributed by atoms with Crippen molar-refractivity contribution in [3.63, 3.8) is 0 Å². The molecule has 1 unspecified atom stereocenters. The SMILES string of the molecule is CC1(C)COC(=S)N1P(C)(=O)Oc1ccccc1. The first-order valence-corrected chi connectivity index (χ1v) is 8.06. The second-order valence-electron chi connectivity index (χ2n) is 4.89. The molecule has 1 fully saturated rings. The van der Waals surface area contributed by atoms with Crippen LogP contribution in [0.1, 0.15) is 13.8 Å². The molecule has 0 spiro atoms. The lowest BCUT2D eigenvalue weighted by atomic mass is 10.1. The summed E-state index contributed by atoms with van der Waals surface area (Å²) in [7, 11) is -3.07. The van der Waals surface area contributed by atoms with Crippen LogP contribution >= 0.6 is 19.7 Å². The van der Waals surface area contributed by atoms with Gasteiger partial charge in [-0.25, -0.2) is 4.67 Å². The van der Waals surface area contributed by atoms with E-state index in [4.69, 9.17) is 21.5 Å². The largest absolute Gasteiger partial charge is 0.468 e. The number of hydrogen-bond donors (Lipinski definition) is 0. The van der Waals surface area contributed by atoms with E-state index in [1.54, 1.807) is 23.5 Å². The van der Waals surface area contributed by atoms with Crippen LogP contribution in [-0.2, 0) is 9.30 Å². The first-order chi connectivity index (χ1) is 8.33. The normalized spacial score (nSPS) is 21.3. The number of nitrogens with zero attached hydrogens (tertiary/aromatic N) is 1. The highest BCUT2D eigenvalue weighted by Gasteiger charge is 2.47. The molecule has 0 aliphatic carbocycles. The van der Waals surface area contributed by atoms with Crippen LogP contribution in [0.4, 0.5) is 0 Å². The summed E-state index contributed by atoms with van der Waals surface area (Å²) in [5, 5.41) is 0.238. The number of thiocarbonyl (C=S) groups is 1. The second kappa shape index (κ2) is 4.56. The highest BCUT2D eigenvalue weighted by molar-refractivity contribution is 7.80. The minimum absolute atomic E-state index is 0.238. The molecule has 0 bridgehead atoms. The van der Waals surface area contributed by atoms with E-state index in [0.717, 1.165) is 0 Å². The van der Waals surface area contributed by atoms with Crippen molar-refractivity contribution < 1.29 is 13.8 Å². The van der Waals surface area contributed by atoms with Crippen molar-refractivity contribution in [2.75, 3.05) is 13.3 Å². The molecule has 1 aromatic rings. The molecule has 1 saturated heterocycles. The summed E-state index contributed by atoms with van der Waals surface area (Å²) in [6.07, 6.45) is 0. The maximum atomic E-state index is 12.7. The van der Waals surface area contributed by atoms with Crippen molar-refractivity contribution in [2.45, 2.75) is 19.4 Å². The quantitative estimate of drug-likeness (QED) is 0.629. The summed E-state index contributed by atoms with van der Waals surface area (Å²) in [5.41, 5.74) is -0.420. The predicted molar refractivity (Wildman–Crippen MR) is 75.1 cm³/mol. The summed E-state index contributed by atoms with van der Waals surface area (Å²) < 4.78 is 25.2. The Morgan fingerprint density at radius 3 is 2.50 bits per heavy atom. The molecular formula is C12H16NO3PS. The Bertz CT molecular complexity index is 503. The molecule has 2 rings (SSSR count). The van der Waals surface area contributed by atoms with E-state index in [1.807, 2.05) is 32.0 Å². The Labute approximate surface area is 112 Å². The first kappa shape index (κ1) is 13.4. The third-order valence-corrected chi connectivity index (χ3v) is 5.11. The second-order valence-corrected chi connectivity index (χ2v) is 7.42. The van der Waals surface area contributed by atoms with E-state index >= 15 is 0 Å². The maximum absolute atomic E-state index is 12.7. The van der Waals surface area contributed by atoms with Gasteiger partial charge in [-0.05, 0) is 38.2 Å². The summed E-state index contributed by atoms with van der Waals surface area (Å²) in [6, 6.07) is 9.08. The summed E-state index contributed by atoms with van der Waals surface area (Å²) in [5.74, 6) is 0.564. The van der Waals surface area contributed by atoms with Gasteiger partial charge in [0.15, 0.2) is 0 Å². The van der Waals surface area contributed by atoms with Crippen LogP contribution in [0.25, 0.3) is 0 Å². The molecule has 1 aliphatic heterocycles. The molecule has 0 saturated carbocycles. The summed E-state index contributed by atoms with van der Waals surface area (Å²) >= 11 is 5.11. The van der Waals surface area contributed by atoms with E-state index in [0.29, 0.717) is 12.4 Å². The Morgan fingerprint density at radius 2 is 2.00 bits per heavy atom. The molecule has 4 nitrogen and oxygen atoms in total. The maximum Gasteiger partial charge on any atom is 0.344 e. The molecule has 18 heavy (non-hydrogen) atoms. The van der Waals surface area contributed by atoms with Crippen molar-refractivity contribution in [1.29, 1.82) is 0 Å². The van der Waals surface area contributed by atoms with E-state index in [-0.39, 0.29) is 5.17 Å². The van der Waals surface area contributed by atoms with E-state index < -0.39 is 13.1 Å². The van der Waals surface area contributed by atoms with Gasteiger partial charge < -0.3 is 9.26 Å². The van der Waals surface area contributed by atoms with Crippen LogP contribution in [0.15, 0.2) is 30.3 Å². The zero-order valence-corrected chi connectivity index (χ0v) is 12.3. The Hall–Kier alpha value is -1.06. The minimum Gasteiger partial charge on any atom is -0.468 e. The zero-order chi connectivity index (χ0) is 13.4. The standard InChI is InChI=1S/C12H16NO3PS/c1-12(2)9-15-11(18)13(12)17(3,14)16-10-7-5-4-6-8-10/h4-8H,9H2,1-3H3. The third-order valence-electron chi connectivity index (χ3n) is 2.68. The van der Waals surface area contributed by atoms with Crippen LogP contribution in [0.3, 0.4) is 0 Å². The highest BCUT2D eigenvalue weighted by Crippen LogP contribution is 2.53. The average molecular weight is 285 g/mol. The van der Waals surface area contributed by atoms with Crippen LogP contribution < -0.4 is 4.52 Å². The molecule has 0 N–H and O–H groups in total. The number of rotatable bonds is 3. The third kappa shape index (κ3) is 2.52. The minimum atomic E-state index is -3.07. The van der Waals surface area contributed by atoms with E-state index in [1.165, 1.54) is 0 Å². The molecule has 0 radical (unpaired) electrons. The van der Waals surface area contributed by atoms with Crippen molar-refractivity contribution in [3.05, 3.63) is 30.3 Å². The fourth-order valence-electron chi connectivity index (χ4n) is 1.97. The molecule has 1 aromatic carbocycles. The lowest BCUT2D eigenvalue weighted by Gasteiger charge is -2.33. The average Bonchev–Trinajstić information content (AvgIpc) is 2.54. The van der Waals surface area contributed by atoms with Crippen molar-refractivity contribution in [1.82, 2.24) is 4.67 Å².